The van der Waals surface area contributed by atoms with E-state index in [0.717, 1.165) is 28.0 Å². The maximum atomic E-state index is 12.1. The van der Waals surface area contributed by atoms with E-state index in [-0.39, 0.29) is 12.7 Å². The predicted molar refractivity (Wildman–Crippen MR) is 93.5 cm³/mol. The molecule has 4 rings (SSSR count). The predicted octanol–water partition coefficient (Wildman–Crippen LogP) is 2.78. The summed E-state index contributed by atoms with van der Waals surface area (Å²) >= 11 is 0. The number of amides is 1. The summed E-state index contributed by atoms with van der Waals surface area (Å²) in [6.07, 6.45) is 2.22. The van der Waals surface area contributed by atoms with Crippen molar-refractivity contribution in [1.82, 2.24) is 15.1 Å². The highest BCUT2D eigenvalue weighted by Crippen LogP contribution is 2.32. The van der Waals surface area contributed by atoms with Gasteiger partial charge in [0.2, 0.25) is 12.7 Å². The minimum atomic E-state index is -0.00558. The molecule has 0 aliphatic carbocycles. The van der Waals surface area contributed by atoms with E-state index in [0.29, 0.717) is 19.5 Å². The Morgan fingerprint density at radius 2 is 2.08 bits per heavy atom. The third-order valence-electron chi connectivity index (χ3n) is 4.28. The molecule has 128 valence electrons. The summed E-state index contributed by atoms with van der Waals surface area (Å²) < 4.78 is 12.5. The zero-order chi connectivity index (χ0) is 17.2. The normalized spacial score (nSPS) is 12.5. The topological polar surface area (TPSA) is 65.4 Å². The molecule has 6 heteroatoms. The zero-order valence-corrected chi connectivity index (χ0v) is 14.0. The number of carbonyl (C=O) groups excluding carboxylic acids is 1. The lowest BCUT2D eigenvalue weighted by molar-refractivity contribution is -0.121. The van der Waals surface area contributed by atoms with Crippen LogP contribution < -0.4 is 14.8 Å². The van der Waals surface area contributed by atoms with E-state index < -0.39 is 0 Å². The molecule has 1 aliphatic rings. The largest absolute Gasteiger partial charge is 0.454 e. The molecule has 3 aromatic rings. The smallest absolute Gasteiger partial charge is 0.231 e. The minimum Gasteiger partial charge on any atom is -0.454 e. The molecule has 1 aromatic heterocycles. The van der Waals surface area contributed by atoms with E-state index in [1.165, 1.54) is 5.56 Å². The number of fused-ring (bicyclic) bond motifs is 2. The van der Waals surface area contributed by atoms with Crippen LogP contribution in [0.15, 0.2) is 42.6 Å². The van der Waals surface area contributed by atoms with Crippen LogP contribution in [0.3, 0.4) is 0 Å². The number of aromatic nitrogens is 2. The van der Waals surface area contributed by atoms with Crippen molar-refractivity contribution in [2.24, 2.45) is 0 Å². The van der Waals surface area contributed by atoms with Gasteiger partial charge >= 0.3 is 0 Å². The Labute approximate surface area is 145 Å². The lowest BCUT2D eigenvalue weighted by Crippen LogP contribution is -2.24. The van der Waals surface area contributed by atoms with Gasteiger partial charge in [0.25, 0.3) is 0 Å². The summed E-state index contributed by atoms with van der Waals surface area (Å²) in [6, 6.07) is 11.9. The molecular weight excluding hydrogens is 318 g/mol. The van der Waals surface area contributed by atoms with Crippen molar-refractivity contribution < 1.29 is 14.3 Å². The van der Waals surface area contributed by atoms with E-state index in [1.807, 2.05) is 35.1 Å². The van der Waals surface area contributed by atoms with E-state index in [1.54, 1.807) is 0 Å². The van der Waals surface area contributed by atoms with E-state index in [2.05, 4.69) is 29.5 Å². The first-order valence-electron chi connectivity index (χ1n) is 8.26. The quantitative estimate of drug-likeness (QED) is 0.777. The zero-order valence-electron chi connectivity index (χ0n) is 14.0. The highest BCUT2D eigenvalue weighted by Gasteiger charge is 2.13. The molecule has 0 saturated heterocycles. The summed E-state index contributed by atoms with van der Waals surface area (Å²) in [5.74, 6) is 1.47. The van der Waals surface area contributed by atoms with Gasteiger partial charge in [0.05, 0.1) is 18.3 Å². The molecule has 0 fully saturated rings. The van der Waals surface area contributed by atoms with Gasteiger partial charge in [0, 0.05) is 18.4 Å². The van der Waals surface area contributed by atoms with Crippen LogP contribution in [0.5, 0.6) is 11.5 Å². The fourth-order valence-electron chi connectivity index (χ4n) is 2.91. The number of hydrogen-bond donors (Lipinski definition) is 1. The van der Waals surface area contributed by atoms with Crippen molar-refractivity contribution >= 4 is 16.8 Å². The van der Waals surface area contributed by atoms with Gasteiger partial charge in [-0.3, -0.25) is 9.48 Å². The number of nitrogens with zero attached hydrogens (tertiary/aromatic N) is 2. The molecule has 0 unspecified atom stereocenters. The van der Waals surface area contributed by atoms with Gasteiger partial charge in [-0.15, -0.1) is 0 Å². The molecule has 0 bridgehead atoms. The van der Waals surface area contributed by atoms with Crippen LogP contribution in [-0.4, -0.2) is 22.5 Å². The summed E-state index contributed by atoms with van der Waals surface area (Å²) in [6.45, 7) is 3.33. The van der Waals surface area contributed by atoms with Crippen molar-refractivity contribution in [3.8, 4) is 11.5 Å². The average molecular weight is 337 g/mol. The Morgan fingerprint density at radius 1 is 1.20 bits per heavy atom. The second-order valence-electron chi connectivity index (χ2n) is 6.14. The molecule has 0 spiro atoms. The van der Waals surface area contributed by atoms with Gasteiger partial charge in [0.15, 0.2) is 11.5 Å². The maximum Gasteiger partial charge on any atom is 0.231 e. The SMILES string of the molecule is Cc1ccc2cnn(CCC(=O)NCc3ccc4c(c3)OCO4)c2c1. The number of aryl methyl sites for hydroxylation is 2. The van der Waals surface area contributed by atoms with E-state index in [4.69, 9.17) is 9.47 Å². The van der Waals surface area contributed by atoms with Gasteiger partial charge < -0.3 is 14.8 Å². The number of nitrogens with one attached hydrogen (secondary N) is 1. The van der Waals surface area contributed by atoms with Crippen LogP contribution >= 0.6 is 0 Å². The molecule has 25 heavy (non-hydrogen) atoms. The Morgan fingerprint density at radius 3 is 3.00 bits per heavy atom. The van der Waals surface area contributed by atoms with Gasteiger partial charge in [-0.1, -0.05) is 18.2 Å². The van der Waals surface area contributed by atoms with E-state index in [9.17, 15) is 4.79 Å². The first-order chi connectivity index (χ1) is 12.2. The molecule has 6 nitrogen and oxygen atoms in total. The Balaban J connectivity index is 1.33. The fourth-order valence-corrected chi connectivity index (χ4v) is 2.91. The third kappa shape index (κ3) is 3.28. The van der Waals surface area contributed by atoms with Crippen molar-refractivity contribution in [3.63, 3.8) is 0 Å². The molecule has 0 radical (unpaired) electrons. The van der Waals surface area contributed by atoms with Crippen LogP contribution in [0, 0.1) is 6.92 Å². The fraction of sp³-hybridized carbons (Fsp3) is 0.263. The van der Waals surface area contributed by atoms with Crippen molar-refractivity contribution in [2.45, 2.75) is 26.4 Å². The minimum absolute atomic E-state index is 0.00558. The molecule has 0 atom stereocenters. The number of ether oxygens (including phenoxy) is 2. The molecule has 2 aromatic carbocycles. The monoisotopic (exact) mass is 337 g/mol. The Kier molecular flexibility index (Phi) is 4.01. The first kappa shape index (κ1) is 15.5. The van der Waals surface area contributed by atoms with Gasteiger partial charge in [-0.05, 0) is 36.2 Å². The second kappa shape index (κ2) is 6.47. The van der Waals surface area contributed by atoms with Crippen molar-refractivity contribution in [2.75, 3.05) is 6.79 Å². The number of hydrogen-bond acceptors (Lipinski definition) is 4. The van der Waals surface area contributed by atoms with Gasteiger partial charge in [0.1, 0.15) is 0 Å². The summed E-state index contributed by atoms with van der Waals surface area (Å²) in [5, 5.41) is 8.40. The van der Waals surface area contributed by atoms with Crippen LogP contribution in [-0.2, 0) is 17.9 Å². The molecule has 2 heterocycles. The van der Waals surface area contributed by atoms with Crippen LogP contribution in [0.25, 0.3) is 10.9 Å². The summed E-state index contributed by atoms with van der Waals surface area (Å²) in [7, 11) is 0. The lowest BCUT2D eigenvalue weighted by atomic mass is 10.2. The Hall–Kier alpha value is -3.02. The first-order valence-corrected chi connectivity index (χ1v) is 8.26. The molecule has 1 N–H and O–H groups in total. The van der Waals surface area contributed by atoms with Gasteiger partial charge in [-0.25, -0.2) is 0 Å². The number of benzene rings is 2. The number of carbonyl (C=O) groups is 1. The molecule has 1 amide bonds. The average Bonchev–Trinajstić information content (AvgIpc) is 3.24. The summed E-state index contributed by atoms with van der Waals surface area (Å²) in [5.41, 5.74) is 3.22. The molecule has 0 saturated carbocycles. The highest BCUT2D eigenvalue weighted by molar-refractivity contribution is 5.80. The summed E-state index contributed by atoms with van der Waals surface area (Å²) in [4.78, 5) is 12.1. The molecule has 1 aliphatic heterocycles. The standard InChI is InChI=1S/C19H19N3O3/c1-13-2-4-15-11-21-22(16(15)8-13)7-6-19(23)20-10-14-3-5-17-18(9-14)25-12-24-17/h2-5,8-9,11H,6-7,10,12H2,1H3,(H,20,23). The Bertz CT molecular complexity index is 933. The van der Waals surface area contributed by atoms with Crippen molar-refractivity contribution in [1.29, 1.82) is 0 Å². The lowest BCUT2D eigenvalue weighted by Gasteiger charge is -2.07. The second-order valence-corrected chi connectivity index (χ2v) is 6.14. The third-order valence-corrected chi connectivity index (χ3v) is 4.28. The van der Waals surface area contributed by atoms with Crippen molar-refractivity contribution in [3.05, 3.63) is 53.7 Å². The van der Waals surface area contributed by atoms with Crippen LogP contribution in [0.4, 0.5) is 0 Å². The highest BCUT2D eigenvalue weighted by atomic mass is 16.7. The number of rotatable bonds is 5. The van der Waals surface area contributed by atoms with E-state index >= 15 is 0 Å². The maximum absolute atomic E-state index is 12.1. The van der Waals surface area contributed by atoms with Gasteiger partial charge in [-0.2, -0.15) is 5.10 Å². The molecular formula is C19H19N3O3. The van der Waals surface area contributed by atoms with Crippen LogP contribution in [0.1, 0.15) is 17.5 Å². The van der Waals surface area contributed by atoms with Crippen LogP contribution in [0.2, 0.25) is 0 Å².